The summed E-state index contributed by atoms with van der Waals surface area (Å²) in [6, 6.07) is 24.1. The van der Waals surface area contributed by atoms with Gasteiger partial charge in [-0.1, -0.05) is 58.4 Å². The minimum atomic E-state index is -0.345. The summed E-state index contributed by atoms with van der Waals surface area (Å²) < 4.78 is 6.00. The second kappa shape index (κ2) is 10.0. The minimum Gasteiger partial charge on any atom is -0.462 e. The molecule has 0 fully saturated rings. The van der Waals surface area contributed by atoms with Gasteiger partial charge in [0.15, 0.2) is 5.78 Å². The number of ether oxygens (including phenoxy) is 1. The maximum atomic E-state index is 12.8. The molecule has 1 N–H and O–H groups in total. The van der Waals surface area contributed by atoms with E-state index in [0.29, 0.717) is 24.2 Å². The Hall–Kier alpha value is -2.92. The van der Waals surface area contributed by atoms with Crippen LogP contribution in [0, 0.1) is 0 Å². The Morgan fingerprint density at radius 1 is 0.897 bits per heavy atom. The lowest BCUT2D eigenvalue weighted by Gasteiger charge is -2.20. The average Bonchev–Trinajstić information content (AvgIpc) is 2.75. The summed E-state index contributed by atoms with van der Waals surface area (Å²) in [6.45, 7) is 2.12. The molecular weight excluding hydrogens is 430 g/mol. The van der Waals surface area contributed by atoms with Gasteiger partial charge in [0.05, 0.1) is 18.2 Å². The highest BCUT2D eigenvalue weighted by Crippen LogP contribution is 2.26. The van der Waals surface area contributed by atoms with Gasteiger partial charge in [-0.05, 0) is 48.9 Å². The summed E-state index contributed by atoms with van der Waals surface area (Å²) in [6.07, 6.45) is 0.311. The zero-order valence-corrected chi connectivity index (χ0v) is 17.7. The number of esters is 1. The van der Waals surface area contributed by atoms with E-state index in [2.05, 4.69) is 21.2 Å². The summed E-state index contributed by atoms with van der Waals surface area (Å²) in [7, 11) is 0. The third-order valence-electron chi connectivity index (χ3n) is 4.49. The summed E-state index contributed by atoms with van der Waals surface area (Å²) in [5.41, 5.74) is 3.02. The monoisotopic (exact) mass is 451 g/mol. The number of rotatable bonds is 8. The standard InChI is InChI=1S/C24H22BrNO3/c1-2-29-24(28)19-10-14-21(15-11-19)26-22(17-8-12-20(25)13-9-17)16-23(27)18-6-4-3-5-7-18/h3-15,22,26H,2,16H2,1H3/t22-/m1/s1. The number of halogens is 1. The van der Waals surface area contributed by atoms with Crippen molar-refractivity contribution >= 4 is 33.4 Å². The number of ketones is 1. The van der Waals surface area contributed by atoms with Crippen LogP contribution in [0.3, 0.4) is 0 Å². The van der Waals surface area contributed by atoms with Crippen LogP contribution < -0.4 is 5.32 Å². The van der Waals surface area contributed by atoms with Crippen molar-refractivity contribution in [2.75, 3.05) is 11.9 Å². The Balaban J connectivity index is 1.80. The van der Waals surface area contributed by atoms with Crippen LogP contribution in [0.4, 0.5) is 5.69 Å². The van der Waals surface area contributed by atoms with E-state index in [1.54, 1.807) is 19.1 Å². The Bertz CT molecular complexity index is 954. The molecule has 0 bridgehead atoms. The van der Waals surface area contributed by atoms with Crippen LogP contribution in [0.5, 0.6) is 0 Å². The highest BCUT2D eigenvalue weighted by Gasteiger charge is 2.18. The van der Waals surface area contributed by atoms with Gasteiger partial charge in [-0.25, -0.2) is 4.79 Å². The molecule has 3 rings (SSSR count). The second-order valence-corrected chi connectivity index (χ2v) is 7.46. The molecule has 0 heterocycles. The maximum absolute atomic E-state index is 12.8. The van der Waals surface area contributed by atoms with E-state index < -0.39 is 0 Å². The molecule has 0 aromatic heterocycles. The molecule has 0 saturated carbocycles. The number of hydrogen-bond acceptors (Lipinski definition) is 4. The first-order valence-corrected chi connectivity index (χ1v) is 10.2. The van der Waals surface area contributed by atoms with Gasteiger partial charge in [0.25, 0.3) is 0 Å². The maximum Gasteiger partial charge on any atom is 0.338 e. The fourth-order valence-electron chi connectivity index (χ4n) is 2.99. The molecule has 0 aliphatic heterocycles. The lowest BCUT2D eigenvalue weighted by molar-refractivity contribution is 0.0526. The van der Waals surface area contributed by atoms with Crippen LogP contribution in [-0.4, -0.2) is 18.4 Å². The van der Waals surface area contributed by atoms with Gasteiger partial charge >= 0.3 is 5.97 Å². The highest BCUT2D eigenvalue weighted by atomic mass is 79.9. The van der Waals surface area contributed by atoms with Gasteiger partial charge in [-0.15, -0.1) is 0 Å². The van der Waals surface area contributed by atoms with Gasteiger partial charge in [-0.3, -0.25) is 4.79 Å². The van der Waals surface area contributed by atoms with Crippen LogP contribution in [0.2, 0.25) is 0 Å². The first kappa shape index (κ1) is 20.8. The van der Waals surface area contributed by atoms with Crippen LogP contribution >= 0.6 is 15.9 Å². The molecule has 0 radical (unpaired) electrons. The van der Waals surface area contributed by atoms with Crippen molar-refractivity contribution in [3.63, 3.8) is 0 Å². The molecule has 0 spiro atoms. The lowest BCUT2D eigenvalue weighted by Crippen LogP contribution is -2.16. The number of hydrogen-bond donors (Lipinski definition) is 1. The molecule has 5 heteroatoms. The normalized spacial score (nSPS) is 11.5. The Morgan fingerprint density at radius 3 is 2.17 bits per heavy atom. The molecule has 3 aromatic carbocycles. The Morgan fingerprint density at radius 2 is 1.55 bits per heavy atom. The van der Waals surface area contributed by atoms with E-state index in [4.69, 9.17) is 4.74 Å². The van der Waals surface area contributed by atoms with E-state index in [9.17, 15) is 9.59 Å². The topological polar surface area (TPSA) is 55.4 Å². The van der Waals surface area contributed by atoms with Crippen molar-refractivity contribution < 1.29 is 14.3 Å². The predicted molar refractivity (Wildman–Crippen MR) is 118 cm³/mol. The molecule has 148 valence electrons. The summed E-state index contributed by atoms with van der Waals surface area (Å²) in [4.78, 5) is 24.6. The number of nitrogens with one attached hydrogen (secondary N) is 1. The van der Waals surface area contributed by atoms with Gasteiger partial charge in [-0.2, -0.15) is 0 Å². The smallest absolute Gasteiger partial charge is 0.338 e. The van der Waals surface area contributed by atoms with Crippen molar-refractivity contribution in [3.05, 3.63) is 100 Å². The van der Waals surface area contributed by atoms with Gasteiger partial charge in [0.2, 0.25) is 0 Å². The van der Waals surface area contributed by atoms with Gasteiger partial charge < -0.3 is 10.1 Å². The minimum absolute atomic E-state index is 0.0640. The van der Waals surface area contributed by atoms with Gasteiger partial charge in [0.1, 0.15) is 0 Å². The van der Waals surface area contributed by atoms with Crippen molar-refractivity contribution in [3.8, 4) is 0 Å². The van der Waals surface area contributed by atoms with Gasteiger partial charge in [0, 0.05) is 22.1 Å². The number of benzene rings is 3. The van der Waals surface area contributed by atoms with E-state index >= 15 is 0 Å². The fourth-order valence-corrected chi connectivity index (χ4v) is 3.26. The van der Waals surface area contributed by atoms with Crippen molar-refractivity contribution in [1.82, 2.24) is 0 Å². The first-order valence-electron chi connectivity index (χ1n) is 9.44. The molecule has 0 unspecified atom stereocenters. The van der Waals surface area contributed by atoms with Crippen LogP contribution in [-0.2, 0) is 4.74 Å². The Labute approximate surface area is 179 Å². The Kier molecular flexibility index (Phi) is 7.19. The van der Waals surface area contributed by atoms with Crippen LogP contribution in [0.25, 0.3) is 0 Å². The number of carbonyl (C=O) groups is 2. The third-order valence-corrected chi connectivity index (χ3v) is 5.02. The van der Waals surface area contributed by atoms with E-state index in [1.165, 1.54) is 0 Å². The molecule has 3 aromatic rings. The van der Waals surface area contributed by atoms with Crippen molar-refractivity contribution in [1.29, 1.82) is 0 Å². The number of anilines is 1. The number of carbonyl (C=O) groups excluding carboxylic acids is 2. The first-order chi connectivity index (χ1) is 14.1. The zero-order chi connectivity index (χ0) is 20.6. The van der Waals surface area contributed by atoms with E-state index in [0.717, 1.165) is 15.7 Å². The quantitative estimate of drug-likeness (QED) is 0.334. The highest BCUT2D eigenvalue weighted by molar-refractivity contribution is 9.10. The molecule has 1 atom stereocenters. The predicted octanol–water partition coefficient (Wildman–Crippen LogP) is 6.05. The largest absolute Gasteiger partial charge is 0.462 e. The van der Waals surface area contributed by atoms with Crippen molar-refractivity contribution in [2.45, 2.75) is 19.4 Å². The molecule has 0 aliphatic rings. The average molecular weight is 452 g/mol. The molecule has 0 saturated heterocycles. The lowest BCUT2D eigenvalue weighted by atomic mass is 9.97. The van der Waals surface area contributed by atoms with E-state index in [1.807, 2.05) is 66.7 Å². The second-order valence-electron chi connectivity index (χ2n) is 6.54. The van der Waals surface area contributed by atoms with E-state index in [-0.39, 0.29) is 17.8 Å². The number of Topliss-reactive ketones (excluding diaryl/α,β-unsaturated/α-hetero) is 1. The molecular formula is C24H22BrNO3. The summed E-state index contributed by atoms with van der Waals surface area (Å²) >= 11 is 3.45. The van der Waals surface area contributed by atoms with Crippen molar-refractivity contribution in [2.24, 2.45) is 0 Å². The van der Waals surface area contributed by atoms with Crippen LogP contribution in [0.1, 0.15) is 45.7 Å². The molecule has 0 aliphatic carbocycles. The third kappa shape index (κ3) is 5.78. The SMILES string of the molecule is CCOC(=O)c1ccc(N[C@H](CC(=O)c2ccccc2)c2ccc(Br)cc2)cc1. The molecule has 4 nitrogen and oxygen atoms in total. The fraction of sp³-hybridized carbons (Fsp3) is 0.167. The summed E-state index contributed by atoms with van der Waals surface area (Å²) in [5, 5.41) is 3.43. The zero-order valence-electron chi connectivity index (χ0n) is 16.1. The summed E-state index contributed by atoms with van der Waals surface area (Å²) in [5.74, 6) is -0.281. The molecule has 29 heavy (non-hydrogen) atoms. The molecule has 0 amide bonds. The van der Waals surface area contributed by atoms with Crippen LogP contribution in [0.15, 0.2) is 83.3 Å².